The molecule has 0 N–H and O–H groups in total. The van der Waals surface area contributed by atoms with Crippen LogP contribution in [0.2, 0.25) is 0 Å². The maximum absolute atomic E-state index is 12.3. The first-order valence-corrected chi connectivity index (χ1v) is 6.52. The Morgan fingerprint density at radius 3 is 2.89 bits per heavy atom. The normalized spacial score (nSPS) is 34.7. The lowest BCUT2D eigenvalue weighted by Crippen LogP contribution is -2.23. The number of allylic oxidation sites excluding steroid dienone is 3. The Hall–Kier alpha value is -1.35. The summed E-state index contributed by atoms with van der Waals surface area (Å²) < 4.78 is 11.6. The van der Waals surface area contributed by atoms with Crippen molar-refractivity contribution in [1.29, 1.82) is 0 Å². The summed E-state index contributed by atoms with van der Waals surface area (Å²) in [6.07, 6.45) is 4.61. The second kappa shape index (κ2) is 3.82. The van der Waals surface area contributed by atoms with E-state index in [0.717, 1.165) is 41.7 Å². The van der Waals surface area contributed by atoms with Gasteiger partial charge >= 0.3 is 0 Å². The van der Waals surface area contributed by atoms with Crippen molar-refractivity contribution in [1.82, 2.24) is 0 Å². The second-order valence-electron chi connectivity index (χ2n) is 5.48. The lowest BCUT2D eigenvalue weighted by atomic mass is 9.87. The number of rotatable bonds is 1. The Bertz CT molecular complexity index is 492. The van der Waals surface area contributed by atoms with Gasteiger partial charge in [0.1, 0.15) is 12.4 Å². The highest BCUT2D eigenvalue weighted by molar-refractivity contribution is 6.05. The minimum atomic E-state index is -0.718. The van der Waals surface area contributed by atoms with Crippen molar-refractivity contribution < 1.29 is 14.3 Å². The fourth-order valence-corrected chi connectivity index (χ4v) is 2.83. The predicted molar refractivity (Wildman–Crippen MR) is 67.7 cm³/mol. The molecule has 2 aliphatic heterocycles. The molecular weight excluding hydrogens is 228 g/mol. The monoisotopic (exact) mass is 246 g/mol. The molecule has 0 radical (unpaired) electrons. The lowest BCUT2D eigenvalue weighted by molar-refractivity contribution is -0.111. The molecule has 3 rings (SSSR count). The largest absolute Gasteiger partial charge is 0.459 e. The van der Waals surface area contributed by atoms with Gasteiger partial charge in [-0.1, -0.05) is 13.5 Å². The number of hydrogen-bond donors (Lipinski definition) is 0. The third-order valence-corrected chi connectivity index (χ3v) is 3.93. The molecule has 0 saturated carbocycles. The molecule has 1 saturated heterocycles. The van der Waals surface area contributed by atoms with Crippen molar-refractivity contribution in [2.24, 2.45) is 5.92 Å². The Morgan fingerprint density at radius 2 is 2.28 bits per heavy atom. The summed E-state index contributed by atoms with van der Waals surface area (Å²) in [4.78, 5) is 12.3. The number of hydrogen-bond acceptors (Lipinski definition) is 3. The zero-order valence-electron chi connectivity index (χ0n) is 10.9. The van der Waals surface area contributed by atoms with E-state index >= 15 is 0 Å². The quantitative estimate of drug-likeness (QED) is 0.668. The molecule has 2 atom stereocenters. The van der Waals surface area contributed by atoms with E-state index < -0.39 is 5.79 Å². The highest BCUT2D eigenvalue weighted by atomic mass is 16.8. The van der Waals surface area contributed by atoms with Crippen LogP contribution in [-0.4, -0.2) is 18.2 Å². The second-order valence-corrected chi connectivity index (χ2v) is 5.48. The van der Waals surface area contributed by atoms with Gasteiger partial charge in [0.2, 0.25) is 0 Å². The van der Waals surface area contributed by atoms with E-state index in [1.807, 2.05) is 6.92 Å². The summed E-state index contributed by atoms with van der Waals surface area (Å²) in [6, 6.07) is 0. The summed E-state index contributed by atoms with van der Waals surface area (Å²) in [6.45, 7) is 8.45. The molecule has 0 aromatic carbocycles. The fourth-order valence-electron chi connectivity index (χ4n) is 2.83. The molecule has 3 heteroatoms. The van der Waals surface area contributed by atoms with Gasteiger partial charge in [-0.05, 0) is 37.8 Å². The number of ketones is 1. The minimum Gasteiger partial charge on any atom is -0.459 e. The number of carbonyl (C=O) groups is 1. The standard InChI is InChI=1S/C15H18O3/c1-9(2)12-7-13(16)11-6-4-5-10(3)14(11)18-15(12)8-17-15/h7,10H,1,4-6,8H2,2-3H3. The van der Waals surface area contributed by atoms with Gasteiger partial charge in [0.15, 0.2) is 5.78 Å². The van der Waals surface area contributed by atoms with Crippen LogP contribution >= 0.6 is 0 Å². The van der Waals surface area contributed by atoms with E-state index in [4.69, 9.17) is 9.47 Å². The third-order valence-electron chi connectivity index (χ3n) is 3.93. The van der Waals surface area contributed by atoms with Crippen LogP contribution in [0.5, 0.6) is 0 Å². The molecule has 0 bridgehead atoms. The number of carbonyl (C=O) groups excluding carboxylic acids is 1. The zero-order chi connectivity index (χ0) is 12.9. The molecule has 3 nitrogen and oxygen atoms in total. The molecule has 96 valence electrons. The molecule has 1 aliphatic carbocycles. The van der Waals surface area contributed by atoms with Crippen LogP contribution in [-0.2, 0) is 14.3 Å². The summed E-state index contributed by atoms with van der Waals surface area (Å²) in [5.41, 5.74) is 2.47. The first-order valence-electron chi connectivity index (χ1n) is 6.52. The van der Waals surface area contributed by atoms with Crippen molar-refractivity contribution in [3.8, 4) is 0 Å². The molecule has 0 amide bonds. The molecule has 0 aromatic rings. The predicted octanol–water partition coefficient (Wildman–Crippen LogP) is 2.89. The van der Waals surface area contributed by atoms with Gasteiger partial charge in [0.25, 0.3) is 5.79 Å². The topological polar surface area (TPSA) is 38.8 Å². The van der Waals surface area contributed by atoms with Gasteiger partial charge in [-0.25, -0.2) is 0 Å². The lowest BCUT2D eigenvalue weighted by Gasteiger charge is -2.26. The molecule has 2 heterocycles. The van der Waals surface area contributed by atoms with Crippen LogP contribution < -0.4 is 0 Å². The third kappa shape index (κ3) is 1.65. The van der Waals surface area contributed by atoms with Crippen LogP contribution in [0.3, 0.4) is 0 Å². The number of ether oxygens (including phenoxy) is 2. The average Bonchev–Trinajstić information content (AvgIpc) is 3.09. The van der Waals surface area contributed by atoms with E-state index in [2.05, 4.69) is 13.5 Å². The van der Waals surface area contributed by atoms with E-state index in [0.29, 0.717) is 12.5 Å². The van der Waals surface area contributed by atoms with Gasteiger partial charge in [-0.3, -0.25) is 4.79 Å². The molecule has 0 aromatic heterocycles. The smallest absolute Gasteiger partial charge is 0.261 e. The van der Waals surface area contributed by atoms with Crippen LogP contribution in [0.25, 0.3) is 0 Å². The van der Waals surface area contributed by atoms with Crippen molar-refractivity contribution in [2.45, 2.75) is 38.9 Å². The van der Waals surface area contributed by atoms with Crippen molar-refractivity contribution >= 4 is 5.78 Å². The van der Waals surface area contributed by atoms with E-state index in [9.17, 15) is 4.79 Å². The van der Waals surface area contributed by atoms with E-state index in [1.54, 1.807) is 6.08 Å². The van der Waals surface area contributed by atoms with Gasteiger partial charge in [-0.2, -0.15) is 0 Å². The van der Waals surface area contributed by atoms with Gasteiger partial charge < -0.3 is 9.47 Å². The fraction of sp³-hybridized carbons (Fsp3) is 0.533. The Balaban J connectivity index is 2.07. The van der Waals surface area contributed by atoms with Crippen LogP contribution in [0.15, 0.2) is 35.1 Å². The van der Waals surface area contributed by atoms with Crippen LogP contribution in [0.4, 0.5) is 0 Å². The molecule has 2 unspecified atom stereocenters. The molecular formula is C15H18O3. The Kier molecular flexibility index (Phi) is 2.49. The Morgan fingerprint density at radius 1 is 1.56 bits per heavy atom. The maximum Gasteiger partial charge on any atom is 0.261 e. The van der Waals surface area contributed by atoms with E-state index in [-0.39, 0.29) is 5.78 Å². The highest BCUT2D eigenvalue weighted by Gasteiger charge is 2.54. The summed E-state index contributed by atoms with van der Waals surface area (Å²) in [5.74, 6) is 0.499. The molecule has 1 fully saturated rings. The van der Waals surface area contributed by atoms with Crippen molar-refractivity contribution in [3.05, 3.63) is 35.1 Å². The first kappa shape index (κ1) is 11.7. The van der Waals surface area contributed by atoms with Crippen LogP contribution in [0.1, 0.15) is 33.1 Å². The summed E-state index contributed by atoms with van der Waals surface area (Å²) in [5, 5.41) is 0. The zero-order valence-corrected chi connectivity index (χ0v) is 10.9. The SMILES string of the molecule is C=C(C)C1=CC(=O)C2=C(OC13CO3)C(C)CCC2. The van der Waals surface area contributed by atoms with Crippen molar-refractivity contribution in [2.75, 3.05) is 6.61 Å². The van der Waals surface area contributed by atoms with Crippen LogP contribution in [0, 0.1) is 5.92 Å². The molecule has 1 spiro atoms. The van der Waals surface area contributed by atoms with Gasteiger partial charge in [0.05, 0.1) is 0 Å². The molecule has 3 aliphatic rings. The summed E-state index contributed by atoms with van der Waals surface area (Å²) in [7, 11) is 0. The van der Waals surface area contributed by atoms with E-state index in [1.165, 1.54) is 0 Å². The summed E-state index contributed by atoms with van der Waals surface area (Å²) >= 11 is 0. The number of epoxide rings is 1. The molecule has 18 heavy (non-hydrogen) atoms. The Labute approximate surface area is 107 Å². The maximum atomic E-state index is 12.3. The van der Waals surface area contributed by atoms with Crippen molar-refractivity contribution in [3.63, 3.8) is 0 Å². The average molecular weight is 246 g/mol. The van der Waals surface area contributed by atoms with Gasteiger partial charge in [-0.15, -0.1) is 0 Å². The van der Waals surface area contributed by atoms with Gasteiger partial charge in [0, 0.05) is 17.1 Å². The minimum absolute atomic E-state index is 0.0712. The first-order chi connectivity index (χ1) is 8.53. The highest BCUT2D eigenvalue weighted by Crippen LogP contribution is 2.47.